The third-order valence-corrected chi connectivity index (χ3v) is 3.42. The van der Waals surface area contributed by atoms with E-state index in [0.29, 0.717) is 24.3 Å². The van der Waals surface area contributed by atoms with Gasteiger partial charge in [-0.3, -0.25) is 4.72 Å². The Labute approximate surface area is 101 Å². The van der Waals surface area contributed by atoms with Crippen LogP contribution in [0.3, 0.4) is 0 Å². The van der Waals surface area contributed by atoms with Crippen molar-refractivity contribution in [2.45, 2.75) is 6.42 Å². The van der Waals surface area contributed by atoms with E-state index in [4.69, 9.17) is 10.00 Å². The van der Waals surface area contributed by atoms with Gasteiger partial charge in [0.1, 0.15) is 0 Å². The van der Waals surface area contributed by atoms with E-state index in [1.54, 1.807) is 24.3 Å². The van der Waals surface area contributed by atoms with Crippen molar-refractivity contribution in [2.24, 2.45) is 0 Å². The Morgan fingerprint density at radius 1 is 1.35 bits per heavy atom. The van der Waals surface area contributed by atoms with Crippen LogP contribution in [0.15, 0.2) is 24.3 Å². The number of nitrogens with one attached hydrogen (secondary N) is 1. The summed E-state index contributed by atoms with van der Waals surface area (Å²) in [6.45, 7) is 0.411. The summed E-state index contributed by atoms with van der Waals surface area (Å²) in [5.41, 5.74) is 0.953. The van der Waals surface area contributed by atoms with E-state index >= 15 is 0 Å². The third kappa shape index (κ3) is 4.85. The van der Waals surface area contributed by atoms with Crippen LogP contribution in [-0.4, -0.2) is 27.9 Å². The molecule has 0 radical (unpaired) electrons. The van der Waals surface area contributed by atoms with Gasteiger partial charge in [-0.15, -0.1) is 0 Å². The van der Waals surface area contributed by atoms with Crippen LogP contribution in [-0.2, 0) is 14.8 Å². The fourth-order valence-electron chi connectivity index (χ4n) is 1.24. The summed E-state index contributed by atoms with van der Waals surface area (Å²) < 4.78 is 30.4. The average molecular weight is 254 g/mol. The summed E-state index contributed by atoms with van der Waals surface area (Å²) in [4.78, 5) is 0. The minimum absolute atomic E-state index is 0.0147. The summed E-state index contributed by atoms with van der Waals surface area (Å²) in [5.74, 6) is 0.0147. The molecule has 92 valence electrons. The molecule has 6 heteroatoms. The van der Waals surface area contributed by atoms with Crippen LogP contribution in [0.1, 0.15) is 12.0 Å². The van der Waals surface area contributed by atoms with Crippen molar-refractivity contribution < 1.29 is 13.2 Å². The van der Waals surface area contributed by atoms with Gasteiger partial charge in [-0.2, -0.15) is 5.26 Å². The van der Waals surface area contributed by atoms with Crippen LogP contribution in [0, 0.1) is 11.3 Å². The Morgan fingerprint density at radius 2 is 2.00 bits per heavy atom. The fourth-order valence-corrected chi connectivity index (χ4v) is 2.33. The summed E-state index contributed by atoms with van der Waals surface area (Å²) in [6.07, 6.45) is 0.447. The highest BCUT2D eigenvalue weighted by Crippen LogP contribution is 2.11. The zero-order chi connectivity index (χ0) is 12.7. The smallest absolute Gasteiger partial charge is 0.232 e. The number of nitriles is 1. The van der Waals surface area contributed by atoms with Crippen molar-refractivity contribution in [3.05, 3.63) is 29.8 Å². The minimum atomic E-state index is -3.34. The van der Waals surface area contributed by atoms with E-state index in [1.807, 2.05) is 6.07 Å². The molecule has 0 unspecified atom stereocenters. The maximum Gasteiger partial charge on any atom is 0.232 e. The molecule has 17 heavy (non-hydrogen) atoms. The Kier molecular flexibility index (Phi) is 4.94. The van der Waals surface area contributed by atoms with Gasteiger partial charge in [-0.25, -0.2) is 8.42 Å². The molecular weight excluding hydrogens is 240 g/mol. The van der Waals surface area contributed by atoms with Gasteiger partial charge in [0.25, 0.3) is 0 Å². The summed E-state index contributed by atoms with van der Waals surface area (Å²) in [5, 5.41) is 8.60. The number of ether oxygens (including phenoxy) is 1. The molecule has 0 aliphatic heterocycles. The van der Waals surface area contributed by atoms with Gasteiger partial charge >= 0.3 is 0 Å². The molecular formula is C11H14N2O3S. The van der Waals surface area contributed by atoms with E-state index in [9.17, 15) is 8.42 Å². The molecule has 0 amide bonds. The second-order valence-electron chi connectivity index (χ2n) is 3.46. The Morgan fingerprint density at radius 3 is 2.53 bits per heavy atom. The molecule has 0 saturated heterocycles. The minimum Gasteiger partial charge on any atom is -0.385 e. The molecule has 1 aromatic carbocycles. The molecule has 0 aliphatic carbocycles. The van der Waals surface area contributed by atoms with Crippen LogP contribution < -0.4 is 4.72 Å². The lowest BCUT2D eigenvalue weighted by molar-refractivity contribution is 0.199. The maximum absolute atomic E-state index is 11.6. The molecule has 1 aromatic rings. The van der Waals surface area contributed by atoms with Crippen molar-refractivity contribution in [3.8, 4) is 6.07 Å². The second kappa shape index (κ2) is 6.23. The van der Waals surface area contributed by atoms with Crippen molar-refractivity contribution in [2.75, 3.05) is 24.2 Å². The molecule has 0 aliphatic rings. The summed E-state index contributed by atoms with van der Waals surface area (Å²) >= 11 is 0. The van der Waals surface area contributed by atoms with Crippen LogP contribution in [0.25, 0.3) is 0 Å². The van der Waals surface area contributed by atoms with Gasteiger partial charge in [0.2, 0.25) is 10.0 Å². The van der Waals surface area contributed by atoms with E-state index in [-0.39, 0.29) is 5.75 Å². The van der Waals surface area contributed by atoms with Crippen molar-refractivity contribution in [3.63, 3.8) is 0 Å². The van der Waals surface area contributed by atoms with Gasteiger partial charge in [0.05, 0.1) is 17.4 Å². The Bertz CT molecular complexity index is 488. The number of hydrogen-bond acceptors (Lipinski definition) is 4. The van der Waals surface area contributed by atoms with Gasteiger partial charge in [0, 0.05) is 19.4 Å². The van der Waals surface area contributed by atoms with Crippen LogP contribution in [0.5, 0.6) is 0 Å². The van der Waals surface area contributed by atoms with Gasteiger partial charge in [-0.1, -0.05) is 0 Å². The molecule has 0 spiro atoms. The van der Waals surface area contributed by atoms with Gasteiger partial charge in [-0.05, 0) is 30.7 Å². The van der Waals surface area contributed by atoms with Crippen molar-refractivity contribution in [1.29, 1.82) is 5.26 Å². The second-order valence-corrected chi connectivity index (χ2v) is 5.30. The average Bonchev–Trinajstić information content (AvgIpc) is 2.30. The molecule has 1 N–H and O–H groups in total. The van der Waals surface area contributed by atoms with Gasteiger partial charge < -0.3 is 4.74 Å². The highest BCUT2D eigenvalue weighted by Gasteiger charge is 2.09. The van der Waals surface area contributed by atoms with E-state index < -0.39 is 10.0 Å². The number of nitrogens with zero attached hydrogens (tertiary/aromatic N) is 1. The van der Waals surface area contributed by atoms with Crippen LogP contribution in [0.4, 0.5) is 5.69 Å². The zero-order valence-electron chi connectivity index (χ0n) is 9.51. The first kappa shape index (κ1) is 13.5. The van der Waals surface area contributed by atoms with Crippen LogP contribution >= 0.6 is 0 Å². The molecule has 0 saturated carbocycles. The van der Waals surface area contributed by atoms with Gasteiger partial charge in [0.15, 0.2) is 0 Å². The van der Waals surface area contributed by atoms with Crippen molar-refractivity contribution >= 4 is 15.7 Å². The molecule has 0 fully saturated rings. The van der Waals surface area contributed by atoms with E-state index in [1.165, 1.54) is 7.11 Å². The first-order valence-electron chi connectivity index (χ1n) is 5.07. The third-order valence-electron chi connectivity index (χ3n) is 2.05. The molecule has 5 nitrogen and oxygen atoms in total. The largest absolute Gasteiger partial charge is 0.385 e. The van der Waals surface area contributed by atoms with Crippen LogP contribution in [0.2, 0.25) is 0 Å². The Balaban J connectivity index is 2.60. The number of sulfonamides is 1. The molecule has 0 aromatic heterocycles. The number of benzene rings is 1. The molecule has 0 heterocycles. The molecule has 0 atom stereocenters. The van der Waals surface area contributed by atoms with Crippen molar-refractivity contribution in [1.82, 2.24) is 0 Å². The summed E-state index contributed by atoms with van der Waals surface area (Å²) in [7, 11) is -1.81. The van der Waals surface area contributed by atoms with E-state index in [0.717, 1.165) is 0 Å². The standard InChI is InChI=1S/C11H14N2O3S/c1-16-7-2-8-17(14,15)13-11-5-3-10(9-12)4-6-11/h3-6,13H,2,7-8H2,1H3. The highest BCUT2D eigenvalue weighted by molar-refractivity contribution is 7.92. The number of rotatable bonds is 6. The van der Waals surface area contributed by atoms with E-state index in [2.05, 4.69) is 4.72 Å². The lowest BCUT2D eigenvalue weighted by Gasteiger charge is -2.07. The number of anilines is 1. The predicted octanol–water partition coefficient (Wildman–Crippen LogP) is 1.34. The predicted molar refractivity (Wildman–Crippen MR) is 65.1 cm³/mol. The normalized spacial score (nSPS) is 10.8. The molecule has 1 rings (SSSR count). The molecule has 0 bridgehead atoms. The summed E-state index contributed by atoms with van der Waals surface area (Å²) in [6, 6.07) is 8.21. The quantitative estimate of drug-likeness (QED) is 0.777. The zero-order valence-corrected chi connectivity index (χ0v) is 10.3. The number of hydrogen-bond donors (Lipinski definition) is 1. The highest BCUT2D eigenvalue weighted by atomic mass is 32.2. The topological polar surface area (TPSA) is 79.2 Å². The lowest BCUT2D eigenvalue weighted by Crippen LogP contribution is -2.17. The SMILES string of the molecule is COCCCS(=O)(=O)Nc1ccc(C#N)cc1. The first-order valence-corrected chi connectivity index (χ1v) is 6.72. The monoisotopic (exact) mass is 254 g/mol. The number of methoxy groups -OCH3 is 1. The Hall–Kier alpha value is -1.58. The first-order chi connectivity index (χ1) is 8.07. The fraction of sp³-hybridized carbons (Fsp3) is 0.364. The lowest BCUT2D eigenvalue weighted by atomic mass is 10.2. The maximum atomic E-state index is 11.6.